The number of nitrogens with zero attached hydrogens (tertiary/aromatic N) is 1. The zero-order valence-electron chi connectivity index (χ0n) is 16.4. The summed E-state index contributed by atoms with van der Waals surface area (Å²) in [5.41, 5.74) is 2.22. The van der Waals surface area contributed by atoms with E-state index in [4.69, 9.17) is 9.47 Å². The maximum Gasteiger partial charge on any atom is 0.338 e. The van der Waals surface area contributed by atoms with Crippen LogP contribution < -0.4 is 4.74 Å². The minimum absolute atomic E-state index is 0.0361. The third-order valence-electron chi connectivity index (χ3n) is 4.79. The summed E-state index contributed by atoms with van der Waals surface area (Å²) in [6.45, 7) is 2.06. The predicted molar refractivity (Wildman–Crippen MR) is 110 cm³/mol. The van der Waals surface area contributed by atoms with Crippen molar-refractivity contribution in [3.8, 4) is 5.75 Å². The average Bonchev–Trinajstić information content (AvgIpc) is 2.73. The maximum absolute atomic E-state index is 12.6. The number of ether oxygens (including phenoxy) is 2. The fraction of sp³-hybridized carbons (Fsp3) is 0.261. The van der Waals surface area contributed by atoms with Crippen LogP contribution in [0.3, 0.4) is 0 Å². The Morgan fingerprint density at radius 2 is 1.83 bits per heavy atom. The Hall–Kier alpha value is -3.41. The van der Waals surface area contributed by atoms with Gasteiger partial charge in [0.2, 0.25) is 0 Å². The highest BCUT2D eigenvalue weighted by molar-refractivity contribution is 6.15. The van der Waals surface area contributed by atoms with E-state index in [1.807, 2.05) is 24.3 Å². The number of rotatable bonds is 6. The molecule has 0 saturated carbocycles. The molecular weight excluding hydrogens is 370 g/mol. The fourth-order valence-electron chi connectivity index (χ4n) is 3.21. The van der Waals surface area contributed by atoms with E-state index >= 15 is 0 Å². The monoisotopic (exact) mass is 393 g/mol. The SMILES string of the molecule is CCOC(=O)c1ccc(N=CC2=C(O)CC(c3ccc(OC)cc3)CC2=O)cc1. The van der Waals surface area contributed by atoms with Gasteiger partial charge >= 0.3 is 5.97 Å². The summed E-state index contributed by atoms with van der Waals surface area (Å²) >= 11 is 0. The minimum atomic E-state index is -0.393. The summed E-state index contributed by atoms with van der Waals surface area (Å²) < 4.78 is 10.1. The molecule has 1 N–H and O–H groups in total. The lowest BCUT2D eigenvalue weighted by atomic mass is 9.83. The van der Waals surface area contributed by atoms with Crippen LogP contribution in [0.25, 0.3) is 0 Å². The molecule has 0 saturated heterocycles. The normalized spacial score (nSPS) is 16.9. The van der Waals surface area contributed by atoms with Crippen molar-refractivity contribution in [2.75, 3.05) is 13.7 Å². The number of aliphatic hydroxyl groups is 1. The number of Topliss-reactive ketones (excluding diaryl/α,β-unsaturated/α-hetero) is 1. The number of allylic oxidation sites excluding steroid dienone is 2. The molecule has 1 aliphatic rings. The first-order valence-electron chi connectivity index (χ1n) is 9.42. The van der Waals surface area contributed by atoms with Gasteiger partial charge in [-0.05, 0) is 54.8 Å². The molecule has 2 aromatic rings. The number of hydrogen-bond donors (Lipinski definition) is 1. The molecule has 0 amide bonds. The lowest BCUT2D eigenvalue weighted by molar-refractivity contribution is -0.116. The van der Waals surface area contributed by atoms with Gasteiger partial charge in [-0.3, -0.25) is 9.79 Å². The molecule has 2 aromatic carbocycles. The first kappa shape index (κ1) is 20.3. The highest BCUT2D eigenvalue weighted by atomic mass is 16.5. The van der Waals surface area contributed by atoms with E-state index in [0.29, 0.717) is 30.7 Å². The van der Waals surface area contributed by atoms with Crippen molar-refractivity contribution < 1.29 is 24.2 Å². The number of carbonyl (C=O) groups excluding carboxylic acids is 2. The van der Waals surface area contributed by atoms with Gasteiger partial charge in [0.05, 0.1) is 30.5 Å². The van der Waals surface area contributed by atoms with Crippen molar-refractivity contribution >= 4 is 23.7 Å². The molecule has 0 heterocycles. The van der Waals surface area contributed by atoms with Crippen LogP contribution in [-0.4, -0.2) is 36.8 Å². The van der Waals surface area contributed by atoms with Crippen molar-refractivity contribution in [2.24, 2.45) is 4.99 Å². The van der Waals surface area contributed by atoms with Crippen LogP contribution in [0, 0.1) is 0 Å². The zero-order valence-corrected chi connectivity index (χ0v) is 16.4. The third-order valence-corrected chi connectivity index (χ3v) is 4.79. The maximum atomic E-state index is 12.6. The second kappa shape index (κ2) is 9.19. The van der Waals surface area contributed by atoms with E-state index in [9.17, 15) is 14.7 Å². The van der Waals surface area contributed by atoms with E-state index in [0.717, 1.165) is 11.3 Å². The quantitative estimate of drug-likeness (QED) is 0.576. The second-order valence-electron chi connectivity index (χ2n) is 6.69. The van der Waals surface area contributed by atoms with Crippen LogP contribution >= 0.6 is 0 Å². The van der Waals surface area contributed by atoms with Crippen molar-refractivity contribution in [2.45, 2.75) is 25.7 Å². The number of aliphatic hydroxyl groups excluding tert-OH is 1. The molecule has 0 spiro atoms. The minimum Gasteiger partial charge on any atom is -0.511 e. The lowest BCUT2D eigenvalue weighted by Crippen LogP contribution is -2.19. The number of methoxy groups -OCH3 is 1. The van der Waals surface area contributed by atoms with Gasteiger partial charge in [-0.2, -0.15) is 0 Å². The van der Waals surface area contributed by atoms with Crippen LogP contribution in [0.1, 0.15) is 41.6 Å². The topological polar surface area (TPSA) is 85.2 Å². The molecule has 3 rings (SSSR count). The van der Waals surface area contributed by atoms with Gasteiger partial charge in [-0.15, -0.1) is 0 Å². The molecular formula is C23H23NO5. The van der Waals surface area contributed by atoms with Crippen molar-refractivity contribution in [1.82, 2.24) is 0 Å². The molecule has 6 nitrogen and oxygen atoms in total. The van der Waals surface area contributed by atoms with Crippen molar-refractivity contribution in [1.29, 1.82) is 0 Å². The molecule has 0 fully saturated rings. The summed E-state index contributed by atoms with van der Waals surface area (Å²) in [5, 5.41) is 10.4. The molecule has 6 heteroatoms. The van der Waals surface area contributed by atoms with Crippen LogP contribution in [0.15, 0.2) is 64.9 Å². The predicted octanol–water partition coefficient (Wildman–Crippen LogP) is 4.53. The smallest absolute Gasteiger partial charge is 0.338 e. The average molecular weight is 393 g/mol. The van der Waals surface area contributed by atoms with Crippen LogP contribution in [0.2, 0.25) is 0 Å². The van der Waals surface area contributed by atoms with Gasteiger partial charge < -0.3 is 14.6 Å². The molecule has 1 atom stereocenters. The Labute approximate surface area is 169 Å². The number of ketones is 1. The molecule has 0 aliphatic heterocycles. The number of carbonyl (C=O) groups is 2. The Bertz CT molecular complexity index is 942. The fourth-order valence-corrected chi connectivity index (χ4v) is 3.21. The Kier molecular flexibility index (Phi) is 6.44. The molecule has 1 unspecified atom stereocenters. The number of esters is 1. The zero-order chi connectivity index (χ0) is 20.8. The van der Waals surface area contributed by atoms with Crippen molar-refractivity contribution in [3.05, 3.63) is 71.0 Å². The Balaban J connectivity index is 1.71. The largest absolute Gasteiger partial charge is 0.511 e. The number of aliphatic imine (C=N–C) groups is 1. The standard InChI is InChI=1S/C23H23NO5/c1-3-29-23(27)16-4-8-18(9-5-16)24-14-20-21(25)12-17(13-22(20)26)15-6-10-19(28-2)11-7-15/h4-11,14,17,25H,3,12-13H2,1-2H3. The van der Waals surface area contributed by atoms with Crippen LogP contribution in [0.4, 0.5) is 5.69 Å². The van der Waals surface area contributed by atoms with E-state index in [-0.39, 0.29) is 23.0 Å². The van der Waals surface area contributed by atoms with Gasteiger partial charge in [-0.1, -0.05) is 12.1 Å². The van der Waals surface area contributed by atoms with E-state index in [1.165, 1.54) is 6.21 Å². The number of benzene rings is 2. The first-order chi connectivity index (χ1) is 14.0. The van der Waals surface area contributed by atoms with Crippen LogP contribution in [-0.2, 0) is 9.53 Å². The molecule has 29 heavy (non-hydrogen) atoms. The molecule has 150 valence electrons. The molecule has 1 aliphatic carbocycles. The summed E-state index contributed by atoms with van der Waals surface area (Å²) in [5.74, 6) is 0.165. The Morgan fingerprint density at radius 3 is 2.41 bits per heavy atom. The second-order valence-corrected chi connectivity index (χ2v) is 6.69. The molecule has 0 bridgehead atoms. The van der Waals surface area contributed by atoms with Gasteiger partial charge in [0, 0.05) is 19.1 Å². The van der Waals surface area contributed by atoms with Gasteiger partial charge in [0.25, 0.3) is 0 Å². The summed E-state index contributed by atoms with van der Waals surface area (Å²) in [6, 6.07) is 14.1. The van der Waals surface area contributed by atoms with Gasteiger partial charge in [0.1, 0.15) is 11.5 Å². The van der Waals surface area contributed by atoms with Gasteiger partial charge in [0.15, 0.2) is 5.78 Å². The summed E-state index contributed by atoms with van der Waals surface area (Å²) in [7, 11) is 1.60. The molecule has 0 radical (unpaired) electrons. The van der Waals surface area contributed by atoms with Gasteiger partial charge in [-0.25, -0.2) is 4.79 Å². The van der Waals surface area contributed by atoms with Crippen LogP contribution in [0.5, 0.6) is 5.75 Å². The first-order valence-corrected chi connectivity index (χ1v) is 9.42. The van der Waals surface area contributed by atoms with E-state index in [1.54, 1.807) is 38.3 Å². The number of hydrogen-bond acceptors (Lipinski definition) is 6. The highest BCUT2D eigenvalue weighted by Crippen LogP contribution is 2.34. The summed E-state index contributed by atoms with van der Waals surface area (Å²) in [6.07, 6.45) is 2.07. The summed E-state index contributed by atoms with van der Waals surface area (Å²) in [4.78, 5) is 28.5. The Morgan fingerprint density at radius 1 is 1.14 bits per heavy atom. The van der Waals surface area contributed by atoms with E-state index in [2.05, 4.69) is 4.99 Å². The third kappa shape index (κ3) is 4.90. The van der Waals surface area contributed by atoms with Crippen molar-refractivity contribution in [3.63, 3.8) is 0 Å². The molecule has 0 aromatic heterocycles. The lowest BCUT2D eigenvalue weighted by Gasteiger charge is -2.22. The highest BCUT2D eigenvalue weighted by Gasteiger charge is 2.27. The van der Waals surface area contributed by atoms with E-state index < -0.39 is 5.97 Å².